The molecule has 0 radical (unpaired) electrons. The second kappa shape index (κ2) is 7.25. The zero-order chi connectivity index (χ0) is 19.9. The summed E-state index contributed by atoms with van der Waals surface area (Å²) in [6, 6.07) is 3.82. The Hall–Kier alpha value is -2.33. The Morgan fingerprint density at radius 2 is 1.96 bits per heavy atom. The van der Waals surface area contributed by atoms with Gasteiger partial charge in [-0.3, -0.25) is 19.1 Å². The molecule has 0 unspecified atom stereocenters. The van der Waals surface area contributed by atoms with Crippen LogP contribution in [0.5, 0.6) is 0 Å². The molecule has 0 N–H and O–H groups in total. The molecule has 1 aromatic heterocycles. The Bertz CT molecular complexity index is 1080. The highest BCUT2D eigenvalue weighted by Crippen LogP contribution is 2.19. The number of nitrogens with zero attached hydrogens (tertiary/aromatic N) is 4. The van der Waals surface area contributed by atoms with E-state index in [2.05, 4.69) is 9.88 Å². The standard InChI is InChI=1S/C18H21FN4O4S/c19-13-1-2-16-15(9-13)18(25)23(12-20-16)10-17(24)22-6-4-21(5-7-22)14-3-8-28(26,27)11-14/h1-2,9,12,14H,3-8,10-11H2/t14-/m1/s1. The Morgan fingerprint density at radius 1 is 1.21 bits per heavy atom. The summed E-state index contributed by atoms with van der Waals surface area (Å²) in [6.07, 6.45) is 1.95. The van der Waals surface area contributed by atoms with Crippen LogP contribution < -0.4 is 5.56 Å². The molecule has 4 rings (SSSR count). The van der Waals surface area contributed by atoms with E-state index in [9.17, 15) is 22.4 Å². The van der Waals surface area contributed by atoms with Crippen LogP contribution in [-0.2, 0) is 21.2 Å². The molecule has 0 spiro atoms. The van der Waals surface area contributed by atoms with Gasteiger partial charge in [0.1, 0.15) is 12.4 Å². The van der Waals surface area contributed by atoms with Crippen molar-refractivity contribution in [3.05, 3.63) is 40.7 Å². The van der Waals surface area contributed by atoms with Gasteiger partial charge >= 0.3 is 0 Å². The largest absolute Gasteiger partial charge is 0.339 e. The normalized spacial score (nSPS) is 22.6. The topological polar surface area (TPSA) is 92.6 Å². The van der Waals surface area contributed by atoms with Crippen LogP contribution in [0, 0.1) is 5.82 Å². The Morgan fingerprint density at radius 3 is 2.64 bits per heavy atom. The van der Waals surface area contributed by atoms with Crippen molar-refractivity contribution in [2.45, 2.75) is 19.0 Å². The van der Waals surface area contributed by atoms with Crippen LogP contribution in [0.25, 0.3) is 10.9 Å². The van der Waals surface area contributed by atoms with Crippen LogP contribution in [-0.4, -0.2) is 77.4 Å². The van der Waals surface area contributed by atoms with Gasteiger partial charge in [0.25, 0.3) is 5.56 Å². The van der Waals surface area contributed by atoms with Crippen molar-refractivity contribution in [2.24, 2.45) is 0 Å². The third-order valence-corrected chi connectivity index (χ3v) is 7.23. The second-order valence-electron chi connectivity index (χ2n) is 7.31. The lowest BCUT2D eigenvalue weighted by molar-refractivity contribution is -0.133. The summed E-state index contributed by atoms with van der Waals surface area (Å²) < 4.78 is 37.9. The van der Waals surface area contributed by atoms with E-state index in [0.29, 0.717) is 38.1 Å². The van der Waals surface area contributed by atoms with Gasteiger partial charge in [-0.15, -0.1) is 0 Å². The van der Waals surface area contributed by atoms with Crippen molar-refractivity contribution < 1.29 is 17.6 Å². The highest BCUT2D eigenvalue weighted by Gasteiger charge is 2.34. The smallest absolute Gasteiger partial charge is 0.261 e. The quantitative estimate of drug-likeness (QED) is 0.702. The van der Waals surface area contributed by atoms with E-state index < -0.39 is 21.2 Å². The SMILES string of the molecule is O=C(Cn1cnc2ccc(F)cc2c1=O)N1CCN([C@@H]2CCS(=O)(=O)C2)CC1. The predicted molar refractivity (Wildman–Crippen MR) is 101 cm³/mol. The van der Waals surface area contributed by atoms with Crippen molar-refractivity contribution in [1.29, 1.82) is 0 Å². The van der Waals surface area contributed by atoms with Gasteiger partial charge in [0.05, 0.1) is 28.7 Å². The molecular weight excluding hydrogens is 387 g/mol. The van der Waals surface area contributed by atoms with E-state index >= 15 is 0 Å². The van der Waals surface area contributed by atoms with Gasteiger partial charge in [0.15, 0.2) is 9.84 Å². The monoisotopic (exact) mass is 408 g/mol. The van der Waals surface area contributed by atoms with E-state index in [-0.39, 0.29) is 35.4 Å². The molecule has 3 heterocycles. The maximum absolute atomic E-state index is 13.4. The Labute approximate surface area is 161 Å². The number of aromatic nitrogens is 2. The van der Waals surface area contributed by atoms with Crippen molar-refractivity contribution in [3.63, 3.8) is 0 Å². The molecule has 1 amide bonds. The molecule has 150 valence electrons. The zero-order valence-electron chi connectivity index (χ0n) is 15.3. The van der Waals surface area contributed by atoms with Crippen LogP contribution in [0.4, 0.5) is 4.39 Å². The van der Waals surface area contributed by atoms with E-state index in [1.54, 1.807) is 4.90 Å². The molecule has 10 heteroatoms. The molecule has 2 aliphatic rings. The lowest BCUT2D eigenvalue weighted by Gasteiger charge is -2.37. The summed E-state index contributed by atoms with van der Waals surface area (Å²) in [5.41, 5.74) is -0.0668. The number of benzene rings is 1. The molecule has 1 atom stereocenters. The average Bonchev–Trinajstić information content (AvgIpc) is 3.04. The highest BCUT2D eigenvalue weighted by molar-refractivity contribution is 7.91. The van der Waals surface area contributed by atoms with Gasteiger partial charge in [0.2, 0.25) is 5.91 Å². The third kappa shape index (κ3) is 3.79. The fourth-order valence-electron chi connectivity index (χ4n) is 3.89. The fourth-order valence-corrected chi connectivity index (χ4v) is 5.65. The number of piperazine rings is 1. The lowest BCUT2D eigenvalue weighted by atomic mass is 10.2. The fraction of sp³-hybridized carbons (Fsp3) is 0.500. The average molecular weight is 408 g/mol. The van der Waals surface area contributed by atoms with Crippen LogP contribution in [0.1, 0.15) is 6.42 Å². The highest BCUT2D eigenvalue weighted by atomic mass is 32.2. The molecule has 1 aromatic carbocycles. The first-order valence-electron chi connectivity index (χ1n) is 9.19. The van der Waals surface area contributed by atoms with Gasteiger partial charge < -0.3 is 4.90 Å². The number of fused-ring (bicyclic) bond motifs is 1. The van der Waals surface area contributed by atoms with Gasteiger partial charge in [-0.2, -0.15) is 0 Å². The molecule has 28 heavy (non-hydrogen) atoms. The van der Waals surface area contributed by atoms with E-state index in [0.717, 1.165) is 6.07 Å². The zero-order valence-corrected chi connectivity index (χ0v) is 16.1. The van der Waals surface area contributed by atoms with Crippen molar-refractivity contribution >= 4 is 26.6 Å². The van der Waals surface area contributed by atoms with E-state index in [1.807, 2.05) is 0 Å². The minimum atomic E-state index is -2.94. The number of rotatable bonds is 3. The summed E-state index contributed by atoms with van der Waals surface area (Å²) in [5.74, 6) is -0.316. The number of sulfone groups is 1. The summed E-state index contributed by atoms with van der Waals surface area (Å²) in [4.78, 5) is 33.0. The maximum atomic E-state index is 13.4. The van der Waals surface area contributed by atoms with Gasteiger partial charge in [-0.25, -0.2) is 17.8 Å². The van der Waals surface area contributed by atoms with Crippen LogP contribution >= 0.6 is 0 Å². The first-order chi connectivity index (χ1) is 13.3. The molecular formula is C18H21FN4O4S. The minimum Gasteiger partial charge on any atom is -0.339 e. The number of halogens is 1. The first kappa shape index (κ1) is 19.0. The van der Waals surface area contributed by atoms with Gasteiger partial charge in [0, 0.05) is 32.2 Å². The van der Waals surface area contributed by atoms with Crippen molar-refractivity contribution in [3.8, 4) is 0 Å². The third-order valence-electron chi connectivity index (χ3n) is 5.48. The summed E-state index contributed by atoms with van der Waals surface area (Å²) in [6.45, 7) is 2.04. The second-order valence-corrected chi connectivity index (χ2v) is 9.54. The van der Waals surface area contributed by atoms with E-state index in [1.165, 1.54) is 23.0 Å². The van der Waals surface area contributed by atoms with Gasteiger partial charge in [-0.05, 0) is 24.6 Å². The predicted octanol–water partition coefficient (Wildman–Crippen LogP) is -0.133. The first-order valence-corrected chi connectivity index (χ1v) is 11.0. The molecule has 8 nitrogen and oxygen atoms in total. The summed E-state index contributed by atoms with van der Waals surface area (Å²) >= 11 is 0. The molecule has 0 bridgehead atoms. The summed E-state index contributed by atoms with van der Waals surface area (Å²) in [5, 5.41) is 0.141. The number of hydrogen-bond acceptors (Lipinski definition) is 6. The van der Waals surface area contributed by atoms with E-state index in [4.69, 9.17) is 0 Å². The Kier molecular flexibility index (Phi) is 4.92. The van der Waals surface area contributed by atoms with Crippen molar-refractivity contribution in [2.75, 3.05) is 37.7 Å². The maximum Gasteiger partial charge on any atom is 0.261 e. The molecule has 2 aromatic rings. The van der Waals surface area contributed by atoms with Crippen LogP contribution in [0.2, 0.25) is 0 Å². The number of carbonyl (C=O) groups is 1. The Balaban J connectivity index is 1.41. The van der Waals surface area contributed by atoms with Crippen LogP contribution in [0.3, 0.4) is 0 Å². The number of carbonyl (C=O) groups excluding carboxylic acids is 1. The summed E-state index contributed by atoms with van der Waals surface area (Å²) in [7, 11) is -2.94. The van der Waals surface area contributed by atoms with Crippen LogP contribution in [0.15, 0.2) is 29.3 Å². The number of amides is 1. The molecule has 0 saturated carbocycles. The van der Waals surface area contributed by atoms with Crippen molar-refractivity contribution in [1.82, 2.24) is 19.4 Å². The molecule has 0 aliphatic carbocycles. The van der Waals surface area contributed by atoms with Gasteiger partial charge in [-0.1, -0.05) is 0 Å². The minimum absolute atomic E-state index is 0.0319. The molecule has 2 fully saturated rings. The molecule has 2 saturated heterocycles. The lowest BCUT2D eigenvalue weighted by Crippen LogP contribution is -2.53. The number of hydrogen-bond donors (Lipinski definition) is 0. The molecule has 2 aliphatic heterocycles.